The van der Waals surface area contributed by atoms with E-state index in [1.165, 1.54) is 28.8 Å². The molecule has 154 valence electrons. The maximum absolute atomic E-state index is 13.1. The van der Waals surface area contributed by atoms with Crippen LogP contribution in [0.3, 0.4) is 0 Å². The lowest BCUT2D eigenvalue weighted by molar-refractivity contribution is 0.207. The van der Waals surface area contributed by atoms with Crippen LogP contribution >= 0.6 is 23.2 Å². The molecule has 2 unspecified atom stereocenters. The summed E-state index contributed by atoms with van der Waals surface area (Å²) in [6.07, 6.45) is 4.10. The summed E-state index contributed by atoms with van der Waals surface area (Å²) in [6.45, 7) is 3.65. The summed E-state index contributed by atoms with van der Waals surface area (Å²) in [6, 6.07) is 6.33. The van der Waals surface area contributed by atoms with Crippen LogP contribution in [0.5, 0.6) is 0 Å². The number of aromatic nitrogens is 3. The van der Waals surface area contributed by atoms with E-state index in [0.717, 1.165) is 23.3 Å². The maximum Gasteiger partial charge on any atom is 0.243 e. The summed E-state index contributed by atoms with van der Waals surface area (Å²) in [5.74, 6) is 1.25. The lowest BCUT2D eigenvalue weighted by atomic mass is 9.88. The molecular weight excluding hydrogens is 433 g/mol. The van der Waals surface area contributed by atoms with Gasteiger partial charge in [-0.05, 0) is 42.5 Å². The van der Waals surface area contributed by atoms with Crippen LogP contribution in [0.25, 0.3) is 11.0 Å². The number of benzene rings is 1. The second kappa shape index (κ2) is 8.10. The van der Waals surface area contributed by atoms with E-state index in [9.17, 15) is 8.42 Å². The minimum Gasteiger partial charge on any atom is -0.369 e. The molecule has 1 aliphatic heterocycles. The lowest BCUT2D eigenvalue weighted by Gasteiger charge is -2.36. The first kappa shape index (κ1) is 20.4. The largest absolute Gasteiger partial charge is 0.369 e. The standard InChI is InChI=1S/C19H21Cl2N5O2S/c1-12-3-5-26(29(27,28)16-7-14(20)6-15(21)8-16)10-13(12)9-23-19-17-2-4-22-18(17)24-11-25-19/h2,4,6-8,11-13H,3,5,9-10H2,1H3,(H2,22,23,24,25). The van der Waals surface area contributed by atoms with Crippen LogP contribution in [0.15, 0.2) is 41.7 Å². The number of aromatic amines is 1. The minimum absolute atomic E-state index is 0.126. The van der Waals surface area contributed by atoms with Crippen LogP contribution in [0.4, 0.5) is 5.82 Å². The third-order valence-corrected chi connectivity index (χ3v) is 7.72. The van der Waals surface area contributed by atoms with E-state index in [-0.39, 0.29) is 10.8 Å². The first-order valence-corrected chi connectivity index (χ1v) is 11.5. The summed E-state index contributed by atoms with van der Waals surface area (Å²) in [7, 11) is -3.67. The van der Waals surface area contributed by atoms with Crippen molar-refractivity contribution in [2.45, 2.75) is 18.2 Å². The summed E-state index contributed by atoms with van der Waals surface area (Å²) < 4.78 is 27.8. The molecular formula is C19H21Cl2N5O2S. The number of H-pyrrole nitrogens is 1. The van der Waals surface area contributed by atoms with E-state index in [4.69, 9.17) is 23.2 Å². The predicted octanol–water partition coefficient (Wildman–Crippen LogP) is 4.02. The highest BCUT2D eigenvalue weighted by molar-refractivity contribution is 7.89. The molecule has 0 bridgehead atoms. The van der Waals surface area contributed by atoms with Crippen LogP contribution in [-0.2, 0) is 10.0 Å². The summed E-state index contributed by atoms with van der Waals surface area (Å²) >= 11 is 12.0. The Balaban J connectivity index is 1.51. The maximum atomic E-state index is 13.1. The zero-order valence-electron chi connectivity index (χ0n) is 15.8. The number of nitrogens with zero attached hydrogens (tertiary/aromatic N) is 3. The van der Waals surface area contributed by atoms with Crippen LogP contribution in [0, 0.1) is 11.8 Å². The van der Waals surface area contributed by atoms with Crippen molar-refractivity contribution in [1.82, 2.24) is 19.3 Å². The van der Waals surface area contributed by atoms with Crippen LogP contribution < -0.4 is 5.32 Å². The van der Waals surface area contributed by atoms with Crippen molar-refractivity contribution in [3.63, 3.8) is 0 Å². The Kier molecular flexibility index (Phi) is 5.70. The van der Waals surface area contributed by atoms with Gasteiger partial charge in [-0.1, -0.05) is 30.1 Å². The number of hydrogen-bond acceptors (Lipinski definition) is 5. The summed E-state index contributed by atoms with van der Waals surface area (Å²) in [5.41, 5.74) is 0.765. The number of sulfonamides is 1. The van der Waals surface area contributed by atoms with Gasteiger partial charge in [-0.3, -0.25) is 0 Å². The summed E-state index contributed by atoms with van der Waals surface area (Å²) in [5, 5.41) is 4.89. The molecule has 29 heavy (non-hydrogen) atoms. The van der Waals surface area contributed by atoms with Gasteiger partial charge in [0.25, 0.3) is 0 Å². The first-order valence-electron chi connectivity index (χ1n) is 9.33. The molecule has 3 heterocycles. The van der Waals surface area contributed by atoms with Crippen molar-refractivity contribution in [2.24, 2.45) is 11.8 Å². The van der Waals surface area contributed by atoms with Crippen molar-refractivity contribution in [3.8, 4) is 0 Å². The number of hydrogen-bond donors (Lipinski definition) is 2. The molecule has 2 aromatic heterocycles. The van der Waals surface area contributed by atoms with Gasteiger partial charge >= 0.3 is 0 Å². The van der Waals surface area contributed by atoms with Crippen molar-refractivity contribution in [2.75, 3.05) is 25.0 Å². The molecule has 7 nitrogen and oxygen atoms in total. The van der Waals surface area contributed by atoms with Gasteiger partial charge in [0.15, 0.2) is 0 Å². The third kappa shape index (κ3) is 4.21. The van der Waals surface area contributed by atoms with Gasteiger partial charge in [0.1, 0.15) is 17.8 Å². The first-order chi connectivity index (χ1) is 13.8. The molecule has 0 aliphatic carbocycles. The zero-order valence-corrected chi connectivity index (χ0v) is 18.1. The van der Waals surface area contributed by atoms with E-state index in [0.29, 0.717) is 35.6 Å². The Bertz CT molecular complexity index is 1110. The quantitative estimate of drug-likeness (QED) is 0.608. The highest BCUT2D eigenvalue weighted by atomic mass is 35.5. The average molecular weight is 454 g/mol. The molecule has 1 aliphatic rings. The predicted molar refractivity (Wildman–Crippen MR) is 115 cm³/mol. The normalized spacial score (nSPS) is 20.8. The van der Waals surface area contributed by atoms with Gasteiger partial charge in [0.2, 0.25) is 10.0 Å². The molecule has 1 aromatic carbocycles. The van der Waals surface area contributed by atoms with Crippen molar-refractivity contribution in [3.05, 3.63) is 46.8 Å². The molecule has 1 saturated heterocycles. The molecule has 4 rings (SSSR count). The van der Waals surface area contributed by atoms with E-state index in [2.05, 4.69) is 27.2 Å². The zero-order chi connectivity index (χ0) is 20.6. The second-order valence-corrected chi connectivity index (χ2v) is 10.1. The number of fused-ring (bicyclic) bond motifs is 1. The molecule has 3 aromatic rings. The Morgan fingerprint density at radius 1 is 1.24 bits per heavy atom. The second-order valence-electron chi connectivity index (χ2n) is 7.34. The monoisotopic (exact) mass is 453 g/mol. The van der Waals surface area contributed by atoms with E-state index in [1.54, 1.807) is 0 Å². The number of nitrogens with one attached hydrogen (secondary N) is 2. The lowest BCUT2D eigenvalue weighted by Crippen LogP contribution is -2.45. The Morgan fingerprint density at radius 2 is 2.00 bits per heavy atom. The highest BCUT2D eigenvalue weighted by Crippen LogP contribution is 2.30. The molecule has 0 amide bonds. The van der Waals surface area contributed by atoms with Crippen molar-refractivity contribution in [1.29, 1.82) is 0 Å². The summed E-state index contributed by atoms with van der Waals surface area (Å²) in [4.78, 5) is 11.7. The Labute approximate surface area is 179 Å². The fourth-order valence-electron chi connectivity index (χ4n) is 3.67. The third-order valence-electron chi connectivity index (χ3n) is 5.44. The molecule has 1 fully saturated rings. The smallest absolute Gasteiger partial charge is 0.243 e. The van der Waals surface area contributed by atoms with Gasteiger partial charge in [-0.2, -0.15) is 4.31 Å². The van der Waals surface area contributed by atoms with E-state index in [1.807, 2.05) is 12.3 Å². The SMILES string of the molecule is CC1CCN(S(=O)(=O)c2cc(Cl)cc(Cl)c2)CC1CNc1ncnc2[nH]ccc12. The number of piperidine rings is 1. The average Bonchev–Trinajstić information content (AvgIpc) is 3.16. The van der Waals surface area contributed by atoms with E-state index < -0.39 is 10.0 Å². The van der Waals surface area contributed by atoms with Gasteiger partial charge in [0, 0.05) is 35.9 Å². The Hall–Kier alpha value is -1.87. The fraction of sp³-hybridized carbons (Fsp3) is 0.368. The molecule has 0 spiro atoms. The molecule has 0 radical (unpaired) electrons. The fourth-order valence-corrected chi connectivity index (χ4v) is 5.91. The van der Waals surface area contributed by atoms with Gasteiger partial charge in [-0.25, -0.2) is 18.4 Å². The van der Waals surface area contributed by atoms with Gasteiger partial charge in [0.05, 0.1) is 10.3 Å². The number of halogens is 2. The van der Waals surface area contributed by atoms with Crippen molar-refractivity contribution < 1.29 is 8.42 Å². The van der Waals surface area contributed by atoms with Gasteiger partial charge in [-0.15, -0.1) is 0 Å². The van der Waals surface area contributed by atoms with Crippen LogP contribution in [0.1, 0.15) is 13.3 Å². The topological polar surface area (TPSA) is 91.0 Å². The highest BCUT2D eigenvalue weighted by Gasteiger charge is 2.34. The minimum atomic E-state index is -3.67. The van der Waals surface area contributed by atoms with Crippen LogP contribution in [-0.4, -0.2) is 47.3 Å². The molecule has 10 heteroatoms. The van der Waals surface area contributed by atoms with Crippen LogP contribution in [0.2, 0.25) is 10.0 Å². The molecule has 2 N–H and O–H groups in total. The Morgan fingerprint density at radius 3 is 2.76 bits per heavy atom. The van der Waals surface area contributed by atoms with E-state index >= 15 is 0 Å². The number of rotatable bonds is 5. The molecule has 0 saturated carbocycles. The molecule has 2 atom stereocenters. The van der Waals surface area contributed by atoms with Gasteiger partial charge < -0.3 is 10.3 Å². The van der Waals surface area contributed by atoms with Crippen molar-refractivity contribution >= 4 is 50.1 Å². The number of anilines is 1.